The highest BCUT2D eigenvalue weighted by Gasteiger charge is 2.49. The Balaban J connectivity index is 1.43. The maximum Gasteiger partial charge on any atom is 0.256 e. The number of amides is 1. The Kier molecular flexibility index (Phi) is 4.65. The van der Waals surface area contributed by atoms with Gasteiger partial charge in [-0.05, 0) is 50.3 Å². The van der Waals surface area contributed by atoms with Crippen molar-refractivity contribution in [3.05, 3.63) is 65.9 Å². The molecule has 1 amide bonds. The fraction of sp³-hybridized carbons (Fsp3) is 0.348. The van der Waals surface area contributed by atoms with E-state index >= 15 is 0 Å². The standard InChI is InChI=1S/C23H23N5O2/c1-14-4-5-20(27-12-14)30-19-11-16-10-18(19)28(13-16)23(29)21-15(2)24-9-6-17(21)22-25-7-3-8-26-22/h3-9,12,16,18-19H,10-11,13H2,1-2H3. The molecule has 30 heavy (non-hydrogen) atoms. The lowest BCUT2D eigenvalue weighted by Crippen LogP contribution is -2.47. The first-order valence-corrected chi connectivity index (χ1v) is 10.2. The van der Waals surface area contributed by atoms with Crippen molar-refractivity contribution in [3.63, 3.8) is 0 Å². The summed E-state index contributed by atoms with van der Waals surface area (Å²) in [7, 11) is 0. The van der Waals surface area contributed by atoms with Crippen molar-refractivity contribution < 1.29 is 9.53 Å². The van der Waals surface area contributed by atoms with Crippen molar-refractivity contribution in [2.24, 2.45) is 5.92 Å². The number of fused-ring (bicyclic) bond motifs is 2. The van der Waals surface area contributed by atoms with Crippen LogP contribution in [0, 0.1) is 19.8 Å². The quantitative estimate of drug-likeness (QED) is 0.668. The van der Waals surface area contributed by atoms with E-state index in [1.165, 1.54) is 0 Å². The number of carbonyl (C=O) groups excluding carboxylic acids is 1. The van der Waals surface area contributed by atoms with E-state index in [2.05, 4.69) is 19.9 Å². The number of hydrogen-bond donors (Lipinski definition) is 0. The van der Waals surface area contributed by atoms with E-state index in [0.717, 1.165) is 24.9 Å². The Morgan fingerprint density at radius 2 is 1.87 bits per heavy atom. The third-order valence-corrected chi connectivity index (χ3v) is 6.00. The number of hydrogen-bond acceptors (Lipinski definition) is 6. The number of aromatic nitrogens is 4. The van der Waals surface area contributed by atoms with Crippen LogP contribution < -0.4 is 4.74 Å². The number of rotatable bonds is 4. The fourth-order valence-electron chi connectivity index (χ4n) is 4.61. The fourth-order valence-corrected chi connectivity index (χ4v) is 4.61. The van der Waals surface area contributed by atoms with Crippen LogP contribution in [0.5, 0.6) is 5.88 Å². The van der Waals surface area contributed by atoms with E-state index in [9.17, 15) is 4.79 Å². The molecular weight excluding hydrogens is 378 g/mol. The van der Waals surface area contributed by atoms with Gasteiger partial charge >= 0.3 is 0 Å². The number of likely N-dealkylation sites (tertiary alicyclic amines) is 1. The molecule has 1 saturated heterocycles. The second-order valence-corrected chi connectivity index (χ2v) is 8.08. The molecule has 1 saturated carbocycles. The van der Waals surface area contributed by atoms with E-state index in [1.54, 1.807) is 30.9 Å². The van der Waals surface area contributed by atoms with E-state index in [4.69, 9.17) is 4.74 Å². The third kappa shape index (κ3) is 3.30. The zero-order valence-corrected chi connectivity index (χ0v) is 17.0. The average Bonchev–Trinajstić information content (AvgIpc) is 3.36. The molecular formula is C23H23N5O2. The molecule has 0 N–H and O–H groups in total. The molecule has 2 fully saturated rings. The van der Waals surface area contributed by atoms with Gasteiger partial charge in [0.15, 0.2) is 5.82 Å². The molecule has 152 valence electrons. The topological polar surface area (TPSA) is 81.1 Å². The van der Waals surface area contributed by atoms with Gasteiger partial charge in [-0.25, -0.2) is 15.0 Å². The molecule has 0 aromatic carbocycles. The van der Waals surface area contributed by atoms with Gasteiger partial charge in [-0.1, -0.05) is 6.07 Å². The summed E-state index contributed by atoms with van der Waals surface area (Å²) in [6, 6.07) is 7.50. The summed E-state index contributed by atoms with van der Waals surface area (Å²) in [6.45, 7) is 4.60. The predicted octanol–water partition coefficient (Wildman–Crippen LogP) is 3.23. The molecule has 3 atom stereocenters. The lowest BCUT2D eigenvalue weighted by molar-refractivity contribution is 0.0466. The maximum atomic E-state index is 13.7. The zero-order valence-electron chi connectivity index (χ0n) is 17.0. The van der Waals surface area contributed by atoms with Crippen LogP contribution >= 0.6 is 0 Å². The summed E-state index contributed by atoms with van der Waals surface area (Å²) < 4.78 is 6.18. The molecule has 3 aromatic rings. The van der Waals surface area contributed by atoms with Crippen LogP contribution in [-0.4, -0.2) is 49.4 Å². The molecule has 7 nitrogen and oxygen atoms in total. The van der Waals surface area contributed by atoms with Crippen molar-refractivity contribution in [1.29, 1.82) is 0 Å². The van der Waals surface area contributed by atoms with Crippen molar-refractivity contribution >= 4 is 5.91 Å². The highest BCUT2D eigenvalue weighted by Crippen LogP contribution is 2.41. The number of aryl methyl sites for hydroxylation is 2. The van der Waals surface area contributed by atoms with E-state index in [1.807, 2.05) is 36.9 Å². The Hall–Kier alpha value is -3.35. The highest BCUT2D eigenvalue weighted by atomic mass is 16.5. The SMILES string of the molecule is Cc1ccc(OC2CC3CC2N(C(=O)c2c(-c4ncccn4)ccnc2C)C3)nc1. The van der Waals surface area contributed by atoms with Crippen molar-refractivity contribution in [2.45, 2.75) is 38.8 Å². The molecule has 2 aliphatic rings. The monoisotopic (exact) mass is 401 g/mol. The van der Waals surface area contributed by atoms with E-state index in [-0.39, 0.29) is 18.1 Å². The van der Waals surface area contributed by atoms with Crippen molar-refractivity contribution in [1.82, 2.24) is 24.8 Å². The Bertz CT molecular complexity index is 1070. The predicted molar refractivity (Wildman–Crippen MR) is 111 cm³/mol. The van der Waals surface area contributed by atoms with Crippen molar-refractivity contribution in [2.75, 3.05) is 6.54 Å². The first-order chi connectivity index (χ1) is 14.6. The summed E-state index contributed by atoms with van der Waals surface area (Å²) >= 11 is 0. The van der Waals surface area contributed by atoms with Gasteiger partial charge in [0.2, 0.25) is 5.88 Å². The van der Waals surface area contributed by atoms with Crippen LogP contribution in [-0.2, 0) is 0 Å². The number of ether oxygens (including phenoxy) is 1. The van der Waals surface area contributed by atoms with Crippen LogP contribution in [0.3, 0.4) is 0 Å². The van der Waals surface area contributed by atoms with Crippen LogP contribution in [0.2, 0.25) is 0 Å². The molecule has 1 aliphatic carbocycles. The number of pyridine rings is 2. The summed E-state index contributed by atoms with van der Waals surface area (Å²) in [6.07, 6.45) is 8.73. The van der Waals surface area contributed by atoms with E-state index in [0.29, 0.717) is 34.4 Å². The molecule has 7 heteroatoms. The normalized spacial score (nSPS) is 22.3. The molecule has 2 bridgehead atoms. The number of carbonyl (C=O) groups is 1. The van der Waals surface area contributed by atoms with Gasteiger partial charge in [-0.3, -0.25) is 9.78 Å². The summed E-state index contributed by atoms with van der Waals surface area (Å²) in [5, 5.41) is 0. The lowest BCUT2D eigenvalue weighted by Gasteiger charge is -2.33. The first kappa shape index (κ1) is 18.7. The molecule has 3 aromatic heterocycles. The van der Waals surface area contributed by atoms with Gasteiger partial charge in [0.1, 0.15) is 6.10 Å². The molecule has 1 aliphatic heterocycles. The van der Waals surface area contributed by atoms with Crippen LogP contribution in [0.4, 0.5) is 0 Å². The molecule has 5 rings (SSSR count). The van der Waals surface area contributed by atoms with Crippen LogP contribution in [0.1, 0.15) is 34.5 Å². The number of piperidine rings is 1. The summed E-state index contributed by atoms with van der Waals surface area (Å²) in [5.74, 6) is 1.57. The second-order valence-electron chi connectivity index (χ2n) is 8.08. The molecule has 0 radical (unpaired) electrons. The van der Waals surface area contributed by atoms with Gasteiger partial charge in [-0.15, -0.1) is 0 Å². The number of nitrogens with zero attached hydrogens (tertiary/aromatic N) is 5. The van der Waals surface area contributed by atoms with Gasteiger partial charge < -0.3 is 9.64 Å². The third-order valence-electron chi connectivity index (χ3n) is 6.00. The van der Waals surface area contributed by atoms with Gasteiger partial charge in [-0.2, -0.15) is 0 Å². The first-order valence-electron chi connectivity index (χ1n) is 10.2. The largest absolute Gasteiger partial charge is 0.472 e. The minimum absolute atomic E-state index is 0.0271. The Morgan fingerprint density at radius 1 is 1.03 bits per heavy atom. The van der Waals surface area contributed by atoms with Gasteiger partial charge in [0.25, 0.3) is 5.91 Å². The second kappa shape index (κ2) is 7.48. The summed E-state index contributed by atoms with van der Waals surface area (Å²) in [5.41, 5.74) is 3.07. The summed E-state index contributed by atoms with van der Waals surface area (Å²) in [4.78, 5) is 33.0. The average molecular weight is 401 g/mol. The van der Waals surface area contributed by atoms with Gasteiger partial charge in [0, 0.05) is 43.0 Å². The van der Waals surface area contributed by atoms with Crippen molar-refractivity contribution in [3.8, 4) is 17.3 Å². The Morgan fingerprint density at radius 3 is 2.60 bits per heavy atom. The highest BCUT2D eigenvalue weighted by molar-refractivity contribution is 6.01. The maximum absolute atomic E-state index is 13.7. The van der Waals surface area contributed by atoms with Gasteiger partial charge in [0.05, 0.1) is 17.3 Å². The smallest absolute Gasteiger partial charge is 0.256 e. The lowest BCUT2D eigenvalue weighted by atomic mass is 10.0. The van der Waals surface area contributed by atoms with Crippen LogP contribution in [0.25, 0.3) is 11.4 Å². The van der Waals surface area contributed by atoms with E-state index < -0.39 is 0 Å². The molecule has 0 spiro atoms. The Labute approximate surface area is 175 Å². The minimum atomic E-state index is -0.0451. The molecule has 4 heterocycles. The zero-order chi connectivity index (χ0) is 20.7. The minimum Gasteiger partial charge on any atom is -0.472 e. The molecule has 3 unspecified atom stereocenters. The van der Waals surface area contributed by atoms with Crippen LogP contribution in [0.15, 0.2) is 49.1 Å².